The minimum Gasteiger partial charge on any atom is -0.370 e. The van der Waals surface area contributed by atoms with Crippen molar-refractivity contribution in [1.29, 1.82) is 0 Å². The van der Waals surface area contributed by atoms with E-state index in [9.17, 15) is 0 Å². The summed E-state index contributed by atoms with van der Waals surface area (Å²) in [5.74, 6) is -0.108. The van der Waals surface area contributed by atoms with Crippen LogP contribution in [0.25, 0.3) is 0 Å². The lowest BCUT2D eigenvalue weighted by atomic mass is 10.2. The molecular formula is C9H12ClN5. The molecular weight excluding hydrogens is 214 g/mol. The number of hydrogen-bond donors (Lipinski definition) is 3. The topological polar surface area (TPSA) is 103 Å². The van der Waals surface area contributed by atoms with Crippen molar-refractivity contribution in [2.45, 2.75) is 6.92 Å². The zero-order chi connectivity index (χ0) is 11.4. The number of nitrogens with two attached hydrogens (primary N) is 3. The molecule has 0 atom stereocenters. The van der Waals surface area contributed by atoms with E-state index in [1.807, 2.05) is 6.92 Å². The van der Waals surface area contributed by atoms with E-state index < -0.39 is 0 Å². The van der Waals surface area contributed by atoms with Crippen molar-refractivity contribution in [2.24, 2.45) is 27.2 Å². The summed E-state index contributed by atoms with van der Waals surface area (Å²) in [5, 5.41) is 0.645. The number of rotatable bonds is 1. The second-order valence-electron chi connectivity index (χ2n) is 2.94. The van der Waals surface area contributed by atoms with E-state index in [0.717, 1.165) is 5.56 Å². The van der Waals surface area contributed by atoms with Gasteiger partial charge in [-0.1, -0.05) is 11.6 Å². The van der Waals surface area contributed by atoms with Gasteiger partial charge in [0.05, 0.1) is 5.69 Å². The SMILES string of the molecule is Cc1cc(Cl)ccc1N=C(N)N=C(N)N. The van der Waals surface area contributed by atoms with Gasteiger partial charge in [-0.2, -0.15) is 4.99 Å². The van der Waals surface area contributed by atoms with Gasteiger partial charge in [-0.3, -0.25) is 0 Å². The predicted octanol–water partition coefficient (Wildman–Crippen LogP) is 0.868. The van der Waals surface area contributed by atoms with Gasteiger partial charge in [0, 0.05) is 5.02 Å². The van der Waals surface area contributed by atoms with Crippen molar-refractivity contribution in [1.82, 2.24) is 0 Å². The van der Waals surface area contributed by atoms with Gasteiger partial charge in [0.15, 0.2) is 5.96 Å². The van der Waals surface area contributed by atoms with Gasteiger partial charge >= 0.3 is 0 Å². The normalized spacial score (nSPS) is 11.2. The predicted molar refractivity (Wildman–Crippen MR) is 63.3 cm³/mol. The molecule has 0 fully saturated rings. The van der Waals surface area contributed by atoms with Crippen LogP contribution in [0.3, 0.4) is 0 Å². The van der Waals surface area contributed by atoms with Gasteiger partial charge in [0.2, 0.25) is 5.96 Å². The zero-order valence-corrected chi connectivity index (χ0v) is 8.99. The summed E-state index contributed by atoms with van der Waals surface area (Å²) in [6, 6.07) is 5.24. The van der Waals surface area contributed by atoms with Crippen molar-refractivity contribution >= 4 is 29.2 Å². The molecule has 0 saturated heterocycles. The average Bonchev–Trinajstić information content (AvgIpc) is 2.08. The molecule has 6 N–H and O–H groups in total. The number of aryl methyl sites for hydroxylation is 1. The molecule has 0 saturated carbocycles. The minimum atomic E-state index is -0.122. The number of guanidine groups is 2. The Hall–Kier alpha value is -1.75. The van der Waals surface area contributed by atoms with Crippen molar-refractivity contribution < 1.29 is 0 Å². The Morgan fingerprint density at radius 1 is 1.27 bits per heavy atom. The van der Waals surface area contributed by atoms with Crippen molar-refractivity contribution in [2.75, 3.05) is 0 Å². The Balaban J connectivity index is 3.03. The number of benzene rings is 1. The Labute approximate surface area is 92.6 Å². The van der Waals surface area contributed by atoms with Gasteiger partial charge < -0.3 is 17.2 Å². The lowest BCUT2D eigenvalue weighted by Gasteiger charge is -2.00. The van der Waals surface area contributed by atoms with Gasteiger partial charge in [-0.15, -0.1) is 0 Å². The van der Waals surface area contributed by atoms with E-state index in [2.05, 4.69) is 9.98 Å². The van der Waals surface area contributed by atoms with Crippen LogP contribution in [-0.2, 0) is 0 Å². The zero-order valence-electron chi connectivity index (χ0n) is 8.24. The van der Waals surface area contributed by atoms with Gasteiger partial charge in [-0.25, -0.2) is 4.99 Å². The molecule has 0 bridgehead atoms. The smallest absolute Gasteiger partial charge is 0.223 e. The third kappa shape index (κ3) is 3.47. The number of halogens is 1. The molecule has 1 aromatic carbocycles. The lowest BCUT2D eigenvalue weighted by Crippen LogP contribution is -2.26. The van der Waals surface area contributed by atoms with Crippen molar-refractivity contribution in [3.8, 4) is 0 Å². The second kappa shape index (κ2) is 4.65. The first-order valence-electron chi connectivity index (χ1n) is 4.19. The maximum atomic E-state index is 5.79. The van der Waals surface area contributed by atoms with E-state index in [1.165, 1.54) is 0 Å². The first-order chi connectivity index (χ1) is 6.99. The minimum absolute atomic E-state index is 0.0143. The van der Waals surface area contributed by atoms with E-state index in [0.29, 0.717) is 10.7 Å². The molecule has 0 unspecified atom stereocenters. The molecule has 0 aliphatic carbocycles. The standard InChI is InChI=1S/C9H12ClN5/c1-5-4-6(10)2-3-7(5)14-9(13)15-8(11)12/h2-4H,1H3,(H6,11,12,13,14,15). The van der Waals surface area contributed by atoms with Crippen LogP contribution in [0.5, 0.6) is 0 Å². The van der Waals surface area contributed by atoms with E-state index in [1.54, 1.807) is 18.2 Å². The van der Waals surface area contributed by atoms with Crippen LogP contribution < -0.4 is 17.2 Å². The van der Waals surface area contributed by atoms with Crippen LogP contribution in [-0.4, -0.2) is 11.9 Å². The summed E-state index contributed by atoms with van der Waals surface area (Å²) in [6.07, 6.45) is 0. The fourth-order valence-corrected chi connectivity index (χ4v) is 1.25. The van der Waals surface area contributed by atoms with Gasteiger partial charge in [0.1, 0.15) is 0 Å². The highest BCUT2D eigenvalue weighted by atomic mass is 35.5. The van der Waals surface area contributed by atoms with Crippen LogP contribution >= 0.6 is 11.6 Å². The molecule has 1 aromatic rings. The van der Waals surface area contributed by atoms with E-state index >= 15 is 0 Å². The van der Waals surface area contributed by atoms with Gasteiger partial charge in [0.25, 0.3) is 0 Å². The summed E-state index contributed by atoms with van der Waals surface area (Å²) in [6.45, 7) is 1.87. The van der Waals surface area contributed by atoms with E-state index in [-0.39, 0.29) is 11.9 Å². The van der Waals surface area contributed by atoms with Crippen molar-refractivity contribution in [3.05, 3.63) is 28.8 Å². The van der Waals surface area contributed by atoms with Crippen LogP contribution in [0.4, 0.5) is 5.69 Å². The highest BCUT2D eigenvalue weighted by Crippen LogP contribution is 2.22. The summed E-state index contributed by atoms with van der Waals surface area (Å²) >= 11 is 5.79. The maximum Gasteiger partial charge on any atom is 0.223 e. The second-order valence-corrected chi connectivity index (χ2v) is 3.37. The average molecular weight is 226 g/mol. The molecule has 0 amide bonds. The molecule has 15 heavy (non-hydrogen) atoms. The summed E-state index contributed by atoms with van der Waals surface area (Å²) in [7, 11) is 0. The maximum absolute atomic E-state index is 5.79. The summed E-state index contributed by atoms with van der Waals surface area (Å²) < 4.78 is 0. The number of aliphatic imine (C=N–C) groups is 2. The molecule has 0 heterocycles. The highest BCUT2D eigenvalue weighted by molar-refractivity contribution is 6.30. The molecule has 0 aliphatic rings. The Kier molecular flexibility index (Phi) is 3.51. The molecule has 0 aliphatic heterocycles. The van der Waals surface area contributed by atoms with Crippen LogP contribution in [0.15, 0.2) is 28.2 Å². The van der Waals surface area contributed by atoms with Crippen LogP contribution in [0.1, 0.15) is 5.56 Å². The molecule has 5 nitrogen and oxygen atoms in total. The molecule has 1 rings (SSSR count). The van der Waals surface area contributed by atoms with Crippen molar-refractivity contribution in [3.63, 3.8) is 0 Å². The molecule has 0 aromatic heterocycles. The third-order valence-electron chi connectivity index (χ3n) is 1.64. The fraction of sp³-hybridized carbons (Fsp3) is 0.111. The molecule has 0 spiro atoms. The number of nitrogens with zero attached hydrogens (tertiary/aromatic N) is 2. The lowest BCUT2D eigenvalue weighted by molar-refractivity contribution is 1.34. The molecule has 80 valence electrons. The molecule has 0 radical (unpaired) electrons. The van der Waals surface area contributed by atoms with Crippen LogP contribution in [0.2, 0.25) is 5.02 Å². The Morgan fingerprint density at radius 2 is 1.93 bits per heavy atom. The number of hydrogen-bond acceptors (Lipinski definition) is 1. The van der Waals surface area contributed by atoms with Crippen LogP contribution in [0, 0.1) is 6.92 Å². The Morgan fingerprint density at radius 3 is 2.47 bits per heavy atom. The summed E-state index contributed by atoms with van der Waals surface area (Å²) in [4.78, 5) is 7.63. The monoisotopic (exact) mass is 225 g/mol. The molecule has 6 heteroatoms. The quantitative estimate of drug-likeness (QED) is 0.488. The summed E-state index contributed by atoms with van der Waals surface area (Å²) in [5.41, 5.74) is 17.4. The van der Waals surface area contributed by atoms with Gasteiger partial charge in [-0.05, 0) is 30.7 Å². The highest BCUT2D eigenvalue weighted by Gasteiger charge is 1.98. The third-order valence-corrected chi connectivity index (χ3v) is 1.87. The first-order valence-corrected chi connectivity index (χ1v) is 4.57. The Bertz CT molecular complexity index is 421. The largest absolute Gasteiger partial charge is 0.370 e. The van der Waals surface area contributed by atoms with E-state index in [4.69, 9.17) is 28.8 Å². The fourth-order valence-electron chi connectivity index (χ4n) is 1.03. The first kappa shape index (κ1) is 11.3.